The second-order valence-electron chi connectivity index (χ2n) is 9.90. The summed E-state index contributed by atoms with van der Waals surface area (Å²) in [7, 11) is 1.18. The molecule has 0 fully saturated rings. The van der Waals surface area contributed by atoms with E-state index in [1.165, 1.54) is 30.6 Å². The predicted molar refractivity (Wildman–Crippen MR) is 163 cm³/mol. The highest BCUT2D eigenvalue weighted by atomic mass is 32.1. The van der Waals surface area contributed by atoms with Crippen LogP contribution in [0.15, 0.2) is 53.9 Å². The summed E-state index contributed by atoms with van der Waals surface area (Å²) in [5.41, 5.74) is 9.67. The number of nitrogens with one attached hydrogen (secondary N) is 3. The number of aliphatic hydroxyl groups excluding tert-OH is 2. The number of anilines is 2. The third kappa shape index (κ3) is 5.44. The molecule has 0 bridgehead atoms. The molecule has 44 heavy (non-hydrogen) atoms. The van der Waals surface area contributed by atoms with Crippen molar-refractivity contribution < 1.29 is 34.1 Å². The normalized spacial score (nSPS) is 12.5. The number of carbonyl (C=O) groups excluding carboxylic acids is 3. The molecular formula is C30H26N6O7S. The van der Waals surface area contributed by atoms with Crippen LogP contribution in [0.2, 0.25) is 0 Å². The third-order valence-corrected chi connectivity index (χ3v) is 7.99. The van der Waals surface area contributed by atoms with Crippen molar-refractivity contribution in [2.24, 2.45) is 0 Å². The van der Waals surface area contributed by atoms with Crippen molar-refractivity contribution in [3.8, 4) is 27.3 Å². The lowest BCUT2D eigenvalue weighted by Crippen LogP contribution is -2.34. The van der Waals surface area contributed by atoms with Gasteiger partial charge in [-0.25, -0.2) is 14.8 Å². The summed E-state index contributed by atoms with van der Waals surface area (Å²) in [6.45, 7) is -0.423. The lowest BCUT2D eigenvalue weighted by Gasteiger charge is -2.22. The SMILES string of the molecule is COC(=O)c1nc(C(=O)NC[C@@H](O)CO)ccc1-c1cc2c(cc1C(=O)Nc1ccc3nc(N)[nH]c3c1)-c1sccc1CO2. The highest BCUT2D eigenvalue weighted by Crippen LogP contribution is 2.44. The summed E-state index contributed by atoms with van der Waals surface area (Å²) < 4.78 is 11.0. The number of aromatic nitrogens is 3. The Morgan fingerprint density at radius 3 is 2.73 bits per heavy atom. The quantitative estimate of drug-likeness (QED) is 0.141. The van der Waals surface area contributed by atoms with Crippen LogP contribution in [0.4, 0.5) is 11.6 Å². The number of nitrogens with two attached hydrogens (primary N) is 1. The summed E-state index contributed by atoms with van der Waals surface area (Å²) in [6.07, 6.45) is -1.16. The molecular weight excluding hydrogens is 588 g/mol. The van der Waals surface area contributed by atoms with Gasteiger partial charge in [0.2, 0.25) is 0 Å². The van der Waals surface area contributed by atoms with Gasteiger partial charge in [-0.1, -0.05) is 0 Å². The second-order valence-corrected chi connectivity index (χ2v) is 10.8. The van der Waals surface area contributed by atoms with Crippen molar-refractivity contribution in [2.75, 3.05) is 31.3 Å². The van der Waals surface area contributed by atoms with Gasteiger partial charge in [0.15, 0.2) is 11.6 Å². The molecule has 0 radical (unpaired) electrons. The van der Waals surface area contributed by atoms with Crippen LogP contribution in [-0.2, 0) is 11.3 Å². The molecule has 14 heteroatoms. The van der Waals surface area contributed by atoms with Crippen LogP contribution in [0.25, 0.3) is 32.6 Å². The van der Waals surface area contributed by atoms with E-state index in [1.54, 1.807) is 30.3 Å². The first-order valence-corrected chi connectivity index (χ1v) is 14.2. The Morgan fingerprint density at radius 2 is 1.93 bits per heavy atom. The predicted octanol–water partition coefficient (Wildman–Crippen LogP) is 2.95. The number of imidazole rings is 1. The first-order chi connectivity index (χ1) is 21.2. The molecule has 0 unspecified atom stereocenters. The number of hydrogen-bond donors (Lipinski definition) is 6. The van der Waals surface area contributed by atoms with Gasteiger partial charge < -0.3 is 41.0 Å². The Labute approximate surface area is 253 Å². The maximum absolute atomic E-state index is 13.9. The van der Waals surface area contributed by atoms with Crippen LogP contribution < -0.4 is 21.1 Å². The van der Waals surface area contributed by atoms with E-state index in [0.717, 1.165) is 16.0 Å². The number of ether oxygens (including phenoxy) is 2. The number of aliphatic hydroxyl groups is 2. The van der Waals surface area contributed by atoms with Gasteiger partial charge in [0, 0.05) is 44.9 Å². The molecule has 0 spiro atoms. The fourth-order valence-electron chi connectivity index (χ4n) is 4.85. The molecule has 1 aliphatic heterocycles. The van der Waals surface area contributed by atoms with Gasteiger partial charge in [-0.05, 0) is 53.9 Å². The van der Waals surface area contributed by atoms with E-state index >= 15 is 0 Å². The summed E-state index contributed by atoms with van der Waals surface area (Å²) in [6, 6.07) is 13.3. The largest absolute Gasteiger partial charge is 0.488 e. The fraction of sp³-hybridized carbons (Fsp3) is 0.167. The van der Waals surface area contributed by atoms with Crippen molar-refractivity contribution in [1.82, 2.24) is 20.3 Å². The minimum Gasteiger partial charge on any atom is -0.488 e. The summed E-state index contributed by atoms with van der Waals surface area (Å²) in [5, 5.41) is 25.9. The fourth-order valence-corrected chi connectivity index (χ4v) is 5.79. The first kappa shape index (κ1) is 28.8. The van der Waals surface area contributed by atoms with Crippen LogP contribution in [0.1, 0.15) is 36.9 Å². The van der Waals surface area contributed by atoms with Crippen molar-refractivity contribution >= 4 is 51.8 Å². The molecule has 224 valence electrons. The van der Waals surface area contributed by atoms with E-state index in [2.05, 4.69) is 25.6 Å². The van der Waals surface area contributed by atoms with E-state index in [-0.39, 0.29) is 35.0 Å². The zero-order valence-electron chi connectivity index (χ0n) is 23.2. The van der Waals surface area contributed by atoms with Gasteiger partial charge in [0.05, 0.1) is 30.9 Å². The number of fused-ring (bicyclic) bond motifs is 4. The molecule has 2 aromatic carbocycles. The standard InChI is InChI=1S/C30H26N6O7S/c1-42-29(41)25-17(3-5-22(34-25)28(40)32-11-16(38)12-37)18-10-24-20(26-14(13-43-24)6-7-44-26)9-19(18)27(39)33-15-2-4-21-23(8-15)36-30(31)35-21/h2-10,16,37-38H,11-13H2,1H3,(H,32,40)(H,33,39)(H3,31,35,36)/t16-/m1/s1. The third-order valence-electron chi connectivity index (χ3n) is 7.00. The van der Waals surface area contributed by atoms with Crippen LogP contribution in [0.3, 0.4) is 0 Å². The maximum atomic E-state index is 13.9. The number of amides is 2. The zero-order valence-corrected chi connectivity index (χ0v) is 24.0. The van der Waals surface area contributed by atoms with E-state index < -0.39 is 30.5 Å². The smallest absolute Gasteiger partial charge is 0.357 e. The maximum Gasteiger partial charge on any atom is 0.357 e. The van der Waals surface area contributed by atoms with Crippen molar-refractivity contribution in [3.63, 3.8) is 0 Å². The van der Waals surface area contributed by atoms with Gasteiger partial charge >= 0.3 is 5.97 Å². The highest BCUT2D eigenvalue weighted by molar-refractivity contribution is 7.13. The number of aromatic amines is 1. The lowest BCUT2D eigenvalue weighted by molar-refractivity contribution is 0.0594. The molecule has 13 nitrogen and oxygen atoms in total. The number of methoxy groups -OCH3 is 1. The Kier molecular flexibility index (Phi) is 7.69. The van der Waals surface area contributed by atoms with Crippen LogP contribution in [0.5, 0.6) is 5.75 Å². The molecule has 4 heterocycles. The zero-order chi connectivity index (χ0) is 31.0. The molecule has 5 aromatic rings. The Balaban J connectivity index is 1.45. The summed E-state index contributed by atoms with van der Waals surface area (Å²) in [4.78, 5) is 52.0. The molecule has 7 N–H and O–H groups in total. The second kappa shape index (κ2) is 11.8. The van der Waals surface area contributed by atoms with E-state index in [4.69, 9.17) is 20.3 Å². The lowest BCUT2D eigenvalue weighted by atomic mass is 9.92. The molecule has 0 aliphatic carbocycles. The Bertz CT molecular complexity index is 1930. The minimum absolute atomic E-state index is 0.130. The van der Waals surface area contributed by atoms with Gasteiger partial charge in [0.25, 0.3) is 11.8 Å². The molecule has 1 aliphatic rings. The molecule has 6 rings (SSSR count). The van der Waals surface area contributed by atoms with Gasteiger partial charge in [-0.3, -0.25) is 9.59 Å². The molecule has 2 amide bonds. The van der Waals surface area contributed by atoms with Crippen molar-refractivity contribution in [1.29, 1.82) is 0 Å². The van der Waals surface area contributed by atoms with Gasteiger partial charge in [-0.15, -0.1) is 11.3 Å². The number of hydrogen-bond acceptors (Lipinski definition) is 11. The first-order valence-electron chi connectivity index (χ1n) is 13.4. The summed E-state index contributed by atoms with van der Waals surface area (Å²) in [5.74, 6) is -1.24. The van der Waals surface area contributed by atoms with E-state index in [0.29, 0.717) is 34.6 Å². The van der Waals surface area contributed by atoms with E-state index in [9.17, 15) is 19.5 Å². The Morgan fingerprint density at radius 1 is 1.09 bits per heavy atom. The molecule has 0 saturated heterocycles. The van der Waals surface area contributed by atoms with Crippen molar-refractivity contribution in [3.05, 3.63) is 76.4 Å². The molecule has 1 atom stereocenters. The number of thiophene rings is 1. The molecule has 3 aromatic heterocycles. The average Bonchev–Trinajstić information content (AvgIpc) is 3.67. The Hall–Kier alpha value is -5.31. The number of nitrogen functional groups attached to an aromatic ring is 1. The number of benzene rings is 2. The number of nitrogens with zero attached hydrogens (tertiary/aromatic N) is 2. The molecule has 0 saturated carbocycles. The summed E-state index contributed by atoms with van der Waals surface area (Å²) >= 11 is 1.52. The number of carbonyl (C=O) groups is 3. The van der Waals surface area contributed by atoms with Crippen molar-refractivity contribution in [2.45, 2.75) is 12.7 Å². The number of pyridine rings is 1. The number of H-pyrrole nitrogens is 1. The number of esters is 1. The highest BCUT2D eigenvalue weighted by Gasteiger charge is 2.27. The monoisotopic (exact) mass is 614 g/mol. The average molecular weight is 615 g/mol. The van der Waals surface area contributed by atoms with Crippen LogP contribution >= 0.6 is 11.3 Å². The van der Waals surface area contributed by atoms with Gasteiger partial charge in [-0.2, -0.15) is 0 Å². The number of rotatable bonds is 8. The minimum atomic E-state index is -1.16. The van der Waals surface area contributed by atoms with Gasteiger partial charge in [0.1, 0.15) is 18.1 Å². The topological polar surface area (TPSA) is 202 Å². The van der Waals surface area contributed by atoms with Crippen LogP contribution in [0, 0.1) is 0 Å². The van der Waals surface area contributed by atoms with E-state index in [1.807, 2.05) is 11.4 Å². The van der Waals surface area contributed by atoms with Crippen LogP contribution in [-0.4, -0.2) is 69.3 Å².